The highest BCUT2D eigenvalue weighted by Crippen LogP contribution is 2.37. The summed E-state index contributed by atoms with van der Waals surface area (Å²) in [4.78, 5) is 0. The third-order valence-electron chi connectivity index (χ3n) is 5.77. The Balaban J connectivity index is 1.81. The average molecular weight is 738 g/mol. The second-order valence-electron chi connectivity index (χ2n) is 8.35. The molecule has 0 bridgehead atoms. The zero-order valence-electron chi connectivity index (χ0n) is 19.4. The molecule has 0 aliphatic rings. The molecule has 4 aromatic rings. The van der Waals surface area contributed by atoms with Crippen LogP contribution in [0, 0.1) is 18.8 Å². The number of benzene rings is 4. The summed E-state index contributed by atoms with van der Waals surface area (Å²) in [6.45, 7) is 0. The smallest absolute Gasteiger partial charge is 0.171 e. The maximum absolute atomic E-state index is 14.3. The minimum Gasteiger partial charge on any atom is -0.227 e. The number of sulfone groups is 1. The van der Waals surface area contributed by atoms with Crippen LogP contribution >= 0.6 is 45.2 Å². The van der Waals surface area contributed by atoms with Gasteiger partial charge in [0.2, 0.25) is 0 Å². The first-order valence-corrected chi connectivity index (χ1v) is 15.1. The summed E-state index contributed by atoms with van der Waals surface area (Å²) in [5.41, 5.74) is 2.57. The van der Waals surface area contributed by atoms with Crippen LogP contribution < -0.4 is 0 Å². The van der Waals surface area contributed by atoms with E-state index in [0.717, 1.165) is 18.3 Å². The Labute approximate surface area is 243 Å². The lowest BCUT2D eigenvalue weighted by atomic mass is 10.1. The van der Waals surface area contributed by atoms with Crippen molar-refractivity contribution in [3.8, 4) is 0 Å². The Hall–Kier alpha value is -2.37. The van der Waals surface area contributed by atoms with E-state index in [-0.39, 0.29) is 0 Å². The third-order valence-corrected chi connectivity index (χ3v) is 9.48. The van der Waals surface area contributed by atoms with Crippen molar-refractivity contribution in [1.29, 1.82) is 0 Å². The molecule has 2 atom stereocenters. The Bertz CT molecular complexity index is 1390. The summed E-state index contributed by atoms with van der Waals surface area (Å²) in [5, 5.41) is -2.13. The predicted octanol–water partition coefficient (Wildman–Crippen LogP) is 8.80. The van der Waals surface area contributed by atoms with Gasteiger partial charge in [0.25, 0.3) is 0 Å². The van der Waals surface area contributed by atoms with Crippen LogP contribution in [-0.2, 0) is 9.84 Å². The number of hydrogen-bond acceptors (Lipinski definition) is 2. The van der Waals surface area contributed by atoms with Gasteiger partial charge in [0, 0.05) is 7.14 Å². The van der Waals surface area contributed by atoms with Crippen molar-refractivity contribution in [1.82, 2.24) is 0 Å². The normalized spacial score (nSPS) is 13.7. The van der Waals surface area contributed by atoms with Crippen LogP contribution in [0.15, 0.2) is 109 Å². The van der Waals surface area contributed by atoms with Gasteiger partial charge < -0.3 is 0 Å². The molecule has 37 heavy (non-hydrogen) atoms. The molecule has 0 heterocycles. The first-order valence-electron chi connectivity index (χ1n) is 11.3. The molecule has 0 radical (unpaired) electrons. The lowest BCUT2D eigenvalue weighted by molar-refractivity contribution is 0.583. The van der Waals surface area contributed by atoms with Crippen molar-refractivity contribution in [3.63, 3.8) is 0 Å². The van der Waals surface area contributed by atoms with E-state index in [2.05, 4.69) is 45.2 Å². The standard InChI is InChI=1S/C30H22F2I2O2S/c31-25-11-7-23(8-12-25)29(19-5-21-1-15-27(33)16-2-21)37(35,36)30(24-9-13-26(32)14-10-24)20-6-22-3-17-28(34)18-4-22/h1-20,29-30H/b19-5+,20-6+. The quantitative estimate of drug-likeness (QED) is 0.170. The van der Waals surface area contributed by atoms with Gasteiger partial charge in [0.05, 0.1) is 0 Å². The van der Waals surface area contributed by atoms with E-state index in [4.69, 9.17) is 0 Å². The fourth-order valence-electron chi connectivity index (χ4n) is 3.83. The fraction of sp³-hybridized carbons (Fsp3) is 0.0667. The second-order valence-corrected chi connectivity index (χ2v) is 13.0. The Kier molecular flexibility index (Phi) is 9.31. The fourth-order valence-corrected chi connectivity index (χ4v) is 6.53. The Morgan fingerprint density at radius 1 is 0.541 bits per heavy atom. The van der Waals surface area contributed by atoms with Crippen LogP contribution in [0.4, 0.5) is 8.78 Å². The van der Waals surface area contributed by atoms with Crippen molar-refractivity contribution in [2.45, 2.75) is 10.5 Å². The first kappa shape index (κ1) is 27.7. The van der Waals surface area contributed by atoms with Crippen molar-refractivity contribution < 1.29 is 17.2 Å². The Morgan fingerprint density at radius 2 is 0.865 bits per heavy atom. The molecule has 0 saturated carbocycles. The van der Waals surface area contributed by atoms with Gasteiger partial charge in [-0.3, -0.25) is 0 Å². The molecule has 0 N–H and O–H groups in total. The van der Waals surface area contributed by atoms with Gasteiger partial charge in [0.1, 0.15) is 22.1 Å². The molecule has 0 spiro atoms. The molecule has 4 aromatic carbocycles. The van der Waals surface area contributed by atoms with Crippen molar-refractivity contribution in [2.24, 2.45) is 0 Å². The van der Waals surface area contributed by atoms with E-state index < -0.39 is 32.0 Å². The molecular formula is C30H22F2I2O2S. The van der Waals surface area contributed by atoms with E-state index >= 15 is 0 Å². The zero-order chi connectivity index (χ0) is 26.4. The summed E-state index contributed by atoms with van der Waals surface area (Å²) >= 11 is 4.41. The molecule has 0 aliphatic heterocycles. The molecule has 0 amide bonds. The summed E-state index contributed by atoms with van der Waals surface area (Å²) in [5.74, 6) is -0.898. The second kappa shape index (κ2) is 12.4. The molecule has 0 fully saturated rings. The highest BCUT2D eigenvalue weighted by atomic mass is 127. The predicted molar refractivity (Wildman–Crippen MR) is 164 cm³/mol. The van der Waals surface area contributed by atoms with Gasteiger partial charge in [0.15, 0.2) is 9.84 Å². The summed E-state index contributed by atoms with van der Waals surface area (Å²) < 4.78 is 58.1. The van der Waals surface area contributed by atoms with E-state index in [1.54, 1.807) is 24.3 Å². The molecule has 2 unspecified atom stereocenters. The minimum atomic E-state index is -3.97. The number of hydrogen-bond donors (Lipinski definition) is 0. The first-order chi connectivity index (χ1) is 17.7. The van der Waals surface area contributed by atoms with Crippen molar-refractivity contribution >= 4 is 67.2 Å². The largest absolute Gasteiger partial charge is 0.227 e. The summed E-state index contributed by atoms with van der Waals surface area (Å²) in [6, 6.07) is 26.3. The average Bonchev–Trinajstić information content (AvgIpc) is 2.88. The van der Waals surface area contributed by atoms with Crippen molar-refractivity contribution in [2.75, 3.05) is 0 Å². The van der Waals surface area contributed by atoms with Gasteiger partial charge in [-0.15, -0.1) is 0 Å². The van der Waals surface area contributed by atoms with Gasteiger partial charge in [-0.2, -0.15) is 0 Å². The van der Waals surface area contributed by atoms with Crippen LogP contribution in [-0.4, -0.2) is 8.42 Å². The van der Waals surface area contributed by atoms with Gasteiger partial charge in [-0.05, 0) is 116 Å². The topological polar surface area (TPSA) is 34.1 Å². The molecule has 0 saturated heterocycles. The molecule has 2 nitrogen and oxygen atoms in total. The SMILES string of the molecule is O=S(=O)(C(/C=C/c1ccc(I)cc1)c1ccc(F)cc1)C(/C=C/c1ccc(I)cc1)c1ccc(F)cc1. The highest BCUT2D eigenvalue weighted by molar-refractivity contribution is 14.1. The molecule has 7 heteroatoms. The molecule has 188 valence electrons. The molecule has 4 rings (SSSR count). The van der Waals surface area contributed by atoms with Gasteiger partial charge in [-0.1, -0.05) is 72.8 Å². The van der Waals surface area contributed by atoms with E-state index in [0.29, 0.717) is 11.1 Å². The lowest BCUT2D eigenvalue weighted by Crippen LogP contribution is -2.19. The maximum Gasteiger partial charge on any atom is 0.171 e. The van der Waals surface area contributed by atoms with Gasteiger partial charge >= 0.3 is 0 Å². The molecular weight excluding hydrogens is 716 g/mol. The van der Waals surface area contributed by atoms with E-state index in [1.165, 1.54) is 48.5 Å². The van der Waals surface area contributed by atoms with Crippen LogP contribution in [0.3, 0.4) is 0 Å². The van der Waals surface area contributed by atoms with E-state index in [1.807, 2.05) is 48.5 Å². The summed E-state index contributed by atoms with van der Waals surface area (Å²) in [6.07, 6.45) is 6.76. The number of halogens is 4. The van der Waals surface area contributed by atoms with Crippen LogP contribution in [0.2, 0.25) is 0 Å². The molecule has 0 aliphatic carbocycles. The zero-order valence-corrected chi connectivity index (χ0v) is 24.6. The third kappa shape index (κ3) is 7.36. The van der Waals surface area contributed by atoms with E-state index in [9.17, 15) is 17.2 Å². The van der Waals surface area contributed by atoms with Crippen LogP contribution in [0.1, 0.15) is 32.8 Å². The Morgan fingerprint density at radius 3 is 1.19 bits per heavy atom. The van der Waals surface area contributed by atoms with Gasteiger partial charge in [-0.25, -0.2) is 17.2 Å². The lowest BCUT2D eigenvalue weighted by Gasteiger charge is -2.22. The van der Waals surface area contributed by atoms with Crippen LogP contribution in [0.5, 0.6) is 0 Å². The van der Waals surface area contributed by atoms with Crippen LogP contribution in [0.25, 0.3) is 12.2 Å². The number of rotatable bonds is 8. The summed E-state index contributed by atoms with van der Waals surface area (Å²) in [7, 11) is -3.97. The highest BCUT2D eigenvalue weighted by Gasteiger charge is 2.33. The minimum absolute atomic E-state index is 0.443. The van der Waals surface area contributed by atoms with Crippen molar-refractivity contribution in [3.05, 3.63) is 150 Å². The molecule has 0 aromatic heterocycles. The maximum atomic E-state index is 14.3. The monoisotopic (exact) mass is 738 g/mol.